The third kappa shape index (κ3) is 1.59. The predicted octanol–water partition coefficient (Wildman–Crippen LogP) is 1.95. The normalized spacial score (nSPS) is 30.5. The summed E-state index contributed by atoms with van der Waals surface area (Å²) in [6, 6.07) is 0. The Morgan fingerprint density at radius 1 is 1.15 bits per heavy atom. The first-order chi connectivity index (χ1) is 6.04. The van der Waals surface area contributed by atoms with E-state index in [1.165, 1.54) is 32.1 Å². The van der Waals surface area contributed by atoms with Gasteiger partial charge in [-0.2, -0.15) is 0 Å². The molecule has 1 heterocycles. The van der Waals surface area contributed by atoms with Gasteiger partial charge in [-0.05, 0) is 26.7 Å². The Hall–Kier alpha value is -0.150. The van der Waals surface area contributed by atoms with Crippen molar-refractivity contribution in [1.29, 1.82) is 0 Å². The minimum Gasteiger partial charge on any atom is -0.361 e. The molecule has 2 rings (SSSR count). The average molecular weight is 198 g/mol. The number of hydrogen-bond donors (Lipinski definition) is 2. The van der Waals surface area contributed by atoms with Gasteiger partial charge in [-0.25, -0.2) is 0 Å². The Kier molecular flexibility index (Phi) is 2.11. The van der Waals surface area contributed by atoms with Gasteiger partial charge in [0.2, 0.25) is 0 Å². The van der Waals surface area contributed by atoms with Crippen LogP contribution in [0, 0.1) is 0 Å². The fraction of sp³-hybridized carbons (Fsp3) is 0.900. The summed E-state index contributed by atoms with van der Waals surface area (Å²) in [6.45, 7) is 4.31. The SMILES string of the molecule is CC1(C)NC(=S)C2(CCCCC2)N1. The van der Waals surface area contributed by atoms with Crippen molar-refractivity contribution in [3.63, 3.8) is 0 Å². The molecule has 1 aliphatic heterocycles. The van der Waals surface area contributed by atoms with Crippen LogP contribution in [0.1, 0.15) is 46.0 Å². The van der Waals surface area contributed by atoms with Crippen molar-refractivity contribution in [3.05, 3.63) is 0 Å². The van der Waals surface area contributed by atoms with Gasteiger partial charge >= 0.3 is 0 Å². The maximum absolute atomic E-state index is 5.43. The number of hydrogen-bond acceptors (Lipinski definition) is 2. The van der Waals surface area contributed by atoms with Gasteiger partial charge in [0.1, 0.15) is 0 Å². The van der Waals surface area contributed by atoms with E-state index in [0.29, 0.717) is 0 Å². The van der Waals surface area contributed by atoms with Crippen molar-refractivity contribution in [1.82, 2.24) is 10.6 Å². The summed E-state index contributed by atoms with van der Waals surface area (Å²) in [7, 11) is 0. The molecule has 74 valence electrons. The molecule has 0 aromatic carbocycles. The lowest BCUT2D eigenvalue weighted by atomic mass is 9.82. The van der Waals surface area contributed by atoms with Gasteiger partial charge in [-0.1, -0.05) is 31.5 Å². The molecule has 0 aromatic heterocycles. The Bertz CT molecular complexity index is 229. The predicted molar refractivity (Wildman–Crippen MR) is 58.8 cm³/mol. The largest absolute Gasteiger partial charge is 0.361 e. The van der Waals surface area contributed by atoms with Gasteiger partial charge in [0.25, 0.3) is 0 Å². The molecule has 2 fully saturated rings. The van der Waals surface area contributed by atoms with Gasteiger partial charge in [-0.15, -0.1) is 0 Å². The van der Waals surface area contributed by atoms with Gasteiger partial charge in [0, 0.05) is 0 Å². The molecule has 1 saturated carbocycles. The Labute approximate surface area is 85.5 Å². The number of nitrogens with one attached hydrogen (secondary N) is 2. The first-order valence-corrected chi connectivity index (χ1v) is 5.57. The molecule has 13 heavy (non-hydrogen) atoms. The fourth-order valence-electron chi connectivity index (χ4n) is 2.60. The van der Waals surface area contributed by atoms with Gasteiger partial charge in [0.15, 0.2) is 0 Å². The molecule has 3 heteroatoms. The van der Waals surface area contributed by atoms with Crippen LogP contribution >= 0.6 is 12.2 Å². The highest BCUT2D eigenvalue weighted by atomic mass is 32.1. The van der Waals surface area contributed by atoms with Crippen molar-refractivity contribution < 1.29 is 0 Å². The van der Waals surface area contributed by atoms with Crippen LogP contribution in [0.2, 0.25) is 0 Å². The average Bonchev–Trinajstić information content (AvgIpc) is 2.23. The van der Waals surface area contributed by atoms with Crippen molar-refractivity contribution in [3.8, 4) is 0 Å². The quantitative estimate of drug-likeness (QED) is 0.582. The van der Waals surface area contributed by atoms with Crippen molar-refractivity contribution in [2.24, 2.45) is 0 Å². The lowest BCUT2D eigenvalue weighted by Gasteiger charge is -2.34. The second kappa shape index (κ2) is 2.92. The first kappa shape index (κ1) is 9.41. The van der Waals surface area contributed by atoms with E-state index in [4.69, 9.17) is 12.2 Å². The van der Waals surface area contributed by atoms with Crippen molar-refractivity contribution >= 4 is 17.2 Å². The van der Waals surface area contributed by atoms with E-state index in [2.05, 4.69) is 24.5 Å². The second-order valence-corrected chi connectivity index (χ2v) is 5.26. The molecule has 2 nitrogen and oxygen atoms in total. The van der Waals surface area contributed by atoms with Crippen LogP contribution in [0.15, 0.2) is 0 Å². The van der Waals surface area contributed by atoms with E-state index < -0.39 is 0 Å². The Morgan fingerprint density at radius 3 is 2.23 bits per heavy atom. The molecule has 2 N–H and O–H groups in total. The third-order valence-electron chi connectivity index (χ3n) is 3.12. The second-order valence-electron chi connectivity index (χ2n) is 4.85. The summed E-state index contributed by atoms with van der Waals surface area (Å²) >= 11 is 5.43. The van der Waals surface area contributed by atoms with E-state index in [9.17, 15) is 0 Å². The maximum atomic E-state index is 5.43. The molecule has 0 aromatic rings. The summed E-state index contributed by atoms with van der Waals surface area (Å²) < 4.78 is 0. The highest BCUT2D eigenvalue weighted by Gasteiger charge is 2.46. The summed E-state index contributed by atoms with van der Waals surface area (Å²) in [4.78, 5) is 1.04. The van der Waals surface area contributed by atoms with Gasteiger partial charge in [-0.3, -0.25) is 5.32 Å². The highest BCUT2D eigenvalue weighted by molar-refractivity contribution is 7.80. The molecule has 0 atom stereocenters. The van der Waals surface area contributed by atoms with Crippen LogP contribution in [0.25, 0.3) is 0 Å². The lowest BCUT2D eigenvalue weighted by Crippen LogP contribution is -2.51. The fourth-order valence-corrected chi connectivity index (χ4v) is 3.11. The monoisotopic (exact) mass is 198 g/mol. The van der Waals surface area contributed by atoms with Crippen LogP contribution in [-0.4, -0.2) is 16.2 Å². The molecule has 0 unspecified atom stereocenters. The van der Waals surface area contributed by atoms with Crippen molar-refractivity contribution in [2.45, 2.75) is 57.2 Å². The molecule has 1 aliphatic carbocycles. The first-order valence-electron chi connectivity index (χ1n) is 5.16. The smallest absolute Gasteiger partial charge is 0.0972 e. The molecule has 2 aliphatic rings. The van der Waals surface area contributed by atoms with E-state index in [-0.39, 0.29) is 11.2 Å². The van der Waals surface area contributed by atoms with Crippen LogP contribution in [0.4, 0.5) is 0 Å². The molecule has 0 radical (unpaired) electrons. The maximum Gasteiger partial charge on any atom is 0.0972 e. The topological polar surface area (TPSA) is 24.1 Å². The van der Waals surface area contributed by atoms with Gasteiger partial charge < -0.3 is 5.32 Å². The summed E-state index contributed by atoms with van der Waals surface area (Å²) in [6.07, 6.45) is 6.41. The van der Waals surface area contributed by atoms with Crippen LogP contribution in [-0.2, 0) is 0 Å². The van der Waals surface area contributed by atoms with Gasteiger partial charge in [0.05, 0.1) is 16.2 Å². The Morgan fingerprint density at radius 2 is 1.77 bits per heavy atom. The minimum absolute atomic E-state index is 0.00553. The summed E-state index contributed by atoms with van der Waals surface area (Å²) in [5.41, 5.74) is 0.130. The van der Waals surface area contributed by atoms with E-state index in [1.807, 2.05) is 0 Å². The molecule has 0 amide bonds. The summed E-state index contributed by atoms with van der Waals surface area (Å²) in [5, 5.41) is 7.02. The highest BCUT2D eigenvalue weighted by Crippen LogP contribution is 2.34. The third-order valence-corrected chi connectivity index (χ3v) is 3.61. The minimum atomic E-state index is -0.00553. The van der Waals surface area contributed by atoms with E-state index in [0.717, 1.165) is 4.99 Å². The molecular weight excluding hydrogens is 180 g/mol. The Balaban J connectivity index is 2.18. The van der Waals surface area contributed by atoms with E-state index in [1.54, 1.807) is 0 Å². The number of rotatable bonds is 0. The van der Waals surface area contributed by atoms with E-state index >= 15 is 0 Å². The zero-order valence-electron chi connectivity index (χ0n) is 8.44. The molecule has 1 spiro atoms. The molecule has 1 saturated heterocycles. The molecule has 0 bridgehead atoms. The molecular formula is C10H18N2S. The van der Waals surface area contributed by atoms with Crippen molar-refractivity contribution in [2.75, 3.05) is 0 Å². The van der Waals surface area contributed by atoms with Crippen LogP contribution < -0.4 is 10.6 Å². The zero-order chi connectivity index (χ0) is 9.53. The summed E-state index contributed by atoms with van der Waals surface area (Å²) in [5.74, 6) is 0. The number of thiocarbonyl (C=S) groups is 1. The standard InChI is InChI=1S/C10H18N2S/c1-9(2)11-8(13)10(12-9)6-4-3-5-7-10/h12H,3-7H2,1-2H3,(H,11,13). The van der Waals surface area contributed by atoms with Crippen LogP contribution in [0.3, 0.4) is 0 Å². The zero-order valence-corrected chi connectivity index (χ0v) is 9.26. The lowest BCUT2D eigenvalue weighted by molar-refractivity contribution is 0.270. The van der Waals surface area contributed by atoms with Crippen LogP contribution in [0.5, 0.6) is 0 Å².